The van der Waals surface area contributed by atoms with Crippen LogP contribution in [0.15, 0.2) is 23.2 Å². The van der Waals surface area contributed by atoms with Gasteiger partial charge in [-0.15, -0.1) is 0 Å². The van der Waals surface area contributed by atoms with Crippen molar-refractivity contribution in [1.82, 2.24) is 15.5 Å². The van der Waals surface area contributed by atoms with E-state index in [0.717, 1.165) is 31.2 Å². The van der Waals surface area contributed by atoms with Gasteiger partial charge in [0.1, 0.15) is 5.82 Å². The minimum Gasteiger partial charge on any atom is -0.357 e. The highest BCUT2D eigenvalue weighted by Crippen LogP contribution is 2.15. The Morgan fingerprint density at radius 3 is 2.87 bits per heavy atom. The van der Waals surface area contributed by atoms with Gasteiger partial charge >= 0.3 is 0 Å². The van der Waals surface area contributed by atoms with Crippen LogP contribution in [0.2, 0.25) is 0 Å². The quantitative estimate of drug-likeness (QED) is 0.625. The molecule has 1 aromatic carbocycles. The van der Waals surface area contributed by atoms with Gasteiger partial charge in [0.25, 0.3) is 0 Å². The van der Waals surface area contributed by atoms with Gasteiger partial charge in [-0.05, 0) is 57.0 Å². The number of hydrogen-bond acceptors (Lipinski definition) is 2. The average Bonchev–Trinajstić information content (AvgIpc) is 3.00. The molecule has 23 heavy (non-hydrogen) atoms. The van der Waals surface area contributed by atoms with Crippen molar-refractivity contribution in [2.75, 3.05) is 26.2 Å². The molecule has 0 spiro atoms. The van der Waals surface area contributed by atoms with Gasteiger partial charge in [-0.1, -0.05) is 19.1 Å². The van der Waals surface area contributed by atoms with E-state index in [1.165, 1.54) is 19.4 Å². The molecule has 1 aliphatic rings. The van der Waals surface area contributed by atoms with Crippen LogP contribution >= 0.6 is 0 Å². The molecule has 128 valence electrons. The van der Waals surface area contributed by atoms with Gasteiger partial charge in [-0.25, -0.2) is 9.38 Å². The molecule has 1 unspecified atom stereocenters. The van der Waals surface area contributed by atoms with Crippen molar-refractivity contribution >= 4 is 5.96 Å². The third-order valence-electron chi connectivity index (χ3n) is 4.41. The van der Waals surface area contributed by atoms with Crippen LogP contribution in [0.25, 0.3) is 0 Å². The number of guanidine groups is 1. The van der Waals surface area contributed by atoms with Crippen molar-refractivity contribution in [1.29, 1.82) is 0 Å². The van der Waals surface area contributed by atoms with Crippen molar-refractivity contribution in [3.8, 4) is 0 Å². The minimum absolute atomic E-state index is 0.166. The summed E-state index contributed by atoms with van der Waals surface area (Å²) in [6.45, 7) is 10.5. The van der Waals surface area contributed by atoms with Gasteiger partial charge in [-0.2, -0.15) is 0 Å². The smallest absolute Gasteiger partial charge is 0.191 e. The van der Waals surface area contributed by atoms with Crippen LogP contribution in [0.3, 0.4) is 0 Å². The molecule has 1 fully saturated rings. The topological polar surface area (TPSA) is 39.7 Å². The summed E-state index contributed by atoms with van der Waals surface area (Å²) in [6, 6.07) is 5.89. The van der Waals surface area contributed by atoms with Crippen LogP contribution < -0.4 is 10.6 Å². The Hall–Kier alpha value is -1.62. The zero-order valence-electron chi connectivity index (χ0n) is 14.5. The summed E-state index contributed by atoms with van der Waals surface area (Å²) in [6.07, 6.45) is 2.51. The number of likely N-dealkylation sites (N-methyl/N-ethyl adjacent to an activating group) is 1. The number of likely N-dealkylation sites (tertiary alicyclic amines) is 1. The monoisotopic (exact) mass is 320 g/mol. The lowest BCUT2D eigenvalue weighted by Crippen LogP contribution is -2.44. The van der Waals surface area contributed by atoms with Crippen molar-refractivity contribution in [3.05, 3.63) is 35.1 Å². The van der Waals surface area contributed by atoms with Crippen LogP contribution in [0, 0.1) is 12.7 Å². The molecular weight excluding hydrogens is 291 g/mol. The Balaban J connectivity index is 1.92. The number of rotatable bonds is 6. The van der Waals surface area contributed by atoms with E-state index in [9.17, 15) is 4.39 Å². The van der Waals surface area contributed by atoms with Crippen molar-refractivity contribution < 1.29 is 4.39 Å². The molecule has 2 N–H and O–H groups in total. The molecule has 4 nitrogen and oxygen atoms in total. The fourth-order valence-electron chi connectivity index (χ4n) is 3.00. The molecule has 0 bridgehead atoms. The second kappa shape index (κ2) is 8.87. The lowest BCUT2D eigenvalue weighted by atomic mass is 10.1. The minimum atomic E-state index is -0.166. The first kappa shape index (κ1) is 17.7. The van der Waals surface area contributed by atoms with Gasteiger partial charge in [0, 0.05) is 19.1 Å². The Labute approximate surface area is 139 Å². The first-order valence-corrected chi connectivity index (χ1v) is 8.65. The largest absolute Gasteiger partial charge is 0.357 e. The number of halogens is 1. The molecule has 1 heterocycles. The highest BCUT2D eigenvalue weighted by molar-refractivity contribution is 5.79. The maximum Gasteiger partial charge on any atom is 0.191 e. The molecule has 2 rings (SSSR count). The predicted molar refractivity (Wildman–Crippen MR) is 94.2 cm³/mol. The van der Waals surface area contributed by atoms with Crippen molar-refractivity contribution in [2.24, 2.45) is 4.99 Å². The van der Waals surface area contributed by atoms with E-state index in [2.05, 4.69) is 34.4 Å². The molecule has 5 heteroatoms. The Morgan fingerprint density at radius 1 is 1.35 bits per heavy atom. The van der Waals surface area contributed by atoms with Crippen LogP contribution in [-0.2, 0) is 6.54 Å². The third kappa shape index (κ3) is 5.20. The average molecular weight is 320 g/mol. The highest BCUT2D eigenvalue weighted by Gasteiger charge is 2.22. The first-order chi connectivity index (χ1) is 11.1. The van der Waals surface area contributed by atoms with E-state index >= 15 is 0 Å². The maximum atomic E-state index is 13.6. The summed E-state index contributed by atoms with van der Waals surface area (Å²) in [7, 11) is 0. The van der Waals surface area contributed by atoms with Gasteiger partial charge in [0.15, 0.2) is 5.96 Å². The lowest BCUT2D eigenvalue weighted by molar-refractivity contribution is 0.267. The van der Waals surface area contributed by atoms with Gasteiger partial charge in [0.05, 0.1) is 6.54 Å². The standard InChI is InChI=1S/C18H29FN4/c1-4-20-18(22-13-16-7-6-10-23(16)5-2)21-12-15-9-8-14(3)17(19)11-15/h8-9,11,16H,4-7,10,12-13H2,1-3H3,(H2,20,21,22). The summed E-state index contributed by atoms with van der Waals surface area (Å²) < 4.78 is 13.6. The fourth-order valence-corrected chi connectivity index (χ4v) is 3.00. The summed E-state index contributed by atoms with van der Waals surface area (Å²) in [5, 5.41) is 6.69. The molecular formula is C18H29FN4. The number of hydrogen-bond donors (Lipinski definition) is 2. The van der Waals surface area contributed by atoms with Gasteiger partial charge < -0.3 is 10.6 Å². The lowest BCUT2D eigenvalue weighted by Gasteiger charge is -2.24. The van der Waals surface area contributed by atoms with Crippen LogP contribution in [0.5, 0.6) is 0 Å². The van der Waals surface area contributed by atoms with Gasteiger partial charge in [0.2, 0.25) is 0 Å². The third-order valence-corrected chi connectivity index (χ3v) is 4.41. The number of nitrogens with zero attached hydrogens (tertiary/aromatic N) is 2. The molecule has 1 atom stereocenters. The zero-order valence-corrected chi connectivity index (χ0v) is 14.5. The zero-order chi connectivity index (χ0) is 16.7. The van der Waals surface area contributed by atoms with E-state index in [1.54, 1.807) is 19.1 Å². The van der Waals surface area contributed by atoms with E-state index in [4.69, 9.17) is 0 Å². The van der Waals surface area contributed by atoms with E-state index in [0.29, 0.717) is 18.2 Å². The van der Waals surface area contributed by atoms with Crippen molar-refractivity contribution in [3.63, 3.8) is 0 Å². The number of aryl methyl sites for hydroxylation is 1. The molecule has 0 amide bonds. The summed E-state index contributed by atoms with van der Waals surface area (Å²) in [4.78, 5) is 7.08. The molecule has 0 radical (unpaired) electrons. The Bertz CT molecular complexity index is 530. The van der Waals surface area contributed by atoms with E-state index < -0.39 is 0 Å². The molecule has 0 saturated carbocycles. The van der Waals surface area contributed by atoms with Crippen molar-refractivity contribution in [2.45, 2.75) is 46.2 Å². The normalized spacial score (nSPS) is 19.1. The SMILES string of the molecule is CCNC(=NCc1ccc(C)c(F)c1)NCC1CCCN1CC. The molecule has 1 aromatic rings. The second-order valence-electron chi connectivity index (χ2n) is 6.08. The highest BCUT2D eigenvalue weighted by atomic mass is 19.1. The number of nitrogens with one attached hydrogen (secondary N) is 2. The van der Waals surface area contributed by atoms with E-state index in [1.807, 2.05) is 6.07 Å². The number of aliphatic imine (C=N–C) groups is 1. The molecule has 1 aliphatic heterocycles. The summed E-state index contributed by atoms with van der Waals surface area (Å²) in [5.41, 5.74) is 1.56. The van der Waals surface area contributed by atoms with Crippen LogP contribution in [0.4, 0.5) is 4.39 Å². The molecule has 1 saturated heterocycles. The molecule has 0 aromatic heterocycles. The number of benzene rings is 1. The van der Waals surface area contributed by atoms with E-state index in [-0.39, 0.29) is 5.82 Å². The Kier molecular flexibility index (Phi) is 6.84. The molecule has 0 aliphatic carbocycles. The van der Waals surface area contributed by atoms with Crippen LogP contribution in [0.1, 0.15) is 37.8 Å². The Morgan fingerprint density at radius 2 is 2.17 bits per heavy atom. The fraction of sp³-hybridized carbons (Fsp3) is 0.611. The second-order valence-corrected chi connectivity index (χ2v) is 6.08. The summed E-state index contributed by atoms with van der Waals surface area (Å²) in [5.74, 6) is 0.636. The van der Waals surface area contributed by atoms with Crippen LogP contribution in [-0.4, -0.2) is 43.1 Å². The predicted octanol–water partition coefficient (Wildman–Crippen LogP) is 2.67. The summed E-state index contributed by atoms with van der Waals surface area (Å²) >= 11 is 0. The first-order valence-electron chi connectivity index (χ1n) is 8.65. The maximum absolute atomic E-state index is 13.6. The van der Waals surface area contributed by atoms with Gasteiger partial charge in [-0.3, -0.25) is 4.90 Å².